The van der Waals surface area contributed by atoms with Crippen molar-refractivity contribution in [3.8, 4) is 11.4 Å². The summed E-state index contributed by atoms with van der Waals surface area (Å²) in [5.74, 6) is 0.924. The van der Waals surface area contributed by atoms with Gasteiger partial charge in [-0.25, -0.2) is 13.4 Å². The number of anilines is 1. The Bertz CT molecular complexity index is 656. The smallest absolute Gasteiger partial charge is 0.240 e. The standard InChI is InChI=1S/C11H12N4O2S/c1-8-12-10(9-6-4-3-5-7-9)14-11(13-8)15-18(2,16)17/h3-7H,1-2H3,(H,12,13,14,15). The van der Waals surface area contributed by atoms with Crippen LogP contribution in [0.25, 0.3) is 11.4 Å². The predicted octanol–water partition coefficient (Wildman–Crippen LogP) is 1.22. The molecule has 0 radical (unpaired) electrons. The first-order valence-corrected chi connectivity index (χ1v) is 7.09. The van der Waals surface area contributed by atoms with Crippen LogP contribution in [0.1, 0.15) is 5.82 Å². The Kier molecular flexibility index (Phi) is 3.24. The largest absolute Gasteiger partial charge is 0.251 e. The second kappa shape index (κ2) is 4.69. The van der Waals surface area contributed by atoms with Crippen LogP contribution >= 0.6 is 0 Å². The number of sulfonamides is 1. The molecule has 1 aromatic carbocycles. The lowest BCUT2D eigenvalue weighted by Crippen LogP contribution is -2.13. The highest BCUT2D eigenvalue weighted by atomic mass is 32.2. The van der Waals surface area contributed by atoms with Crippen LogP contribution in [0.3, 0.4) is 0 Å². The molecule has 6 nitrogen and oxygen atoms in total. The average Bonchev–Trinajstić information content (AvgIpc) is 2.27. The van der Waals surface area contributed by atoms with Crippen molar-refractivity contribution in [1.29, 1.82) is 0 Å². The van der Waals surface area contributed by atoms with Crippen LogP contribution in [-0.4, -0.2) is 29.6 Å². The first kappa shape index (κ1) is 12.4. The van der Waals surface area contributed by atoms with E-state index in [0.29, 0.717) is 11.6 Å². The first-order chi connectivity index (χ1) is 8.44. The Balaban J connectivity index is 2.45. The summed E-state index contributed by atoms with van der Waals surface area (Å²) >= 11 is 0. The van der Waals surface area contributed by atoms with Gasteiger partial charge >= 0.3 is 0 Å². The number of rotatable bonds is 3. The van der Waals surface area contributed by atoms with Crippen molar-refractivity contribution in [3.05, 3.63) is 36.2 Å². The Hall–Kier alpha value is -2.02. The molecule has 0 aliphatic rings. The molecule has 7 heteroatoms. The summed E-state index contributed by atoms with van der Waals surface area (Å²) in [6.07, 6.45) is 1.05. The fourth-order valence-corrected chi connectivity index (χ4v) is 1.83. The third-order valence-electron chi connectivity index (χ3n) is 2.06. The van der Waals surface area contributed by atoms with Gasteiger partial charge < -0.3 is 0 Å². The third kappa shape index (κ3) is 3.24. The highest BCUT2D eigenvalue weighted by Crippen LogP contribution is 2.15. The van der Waals surface area contributed by atoms with Gasteiger partial charge in [0.05, 0.1) is 6.26 Å². The Morgan fingerprint density at radius 1 is 1.06 bits per heavy atom. The maximum absolute atomic E-state index is 11.1. The van der Waals surface area contributed by atoms with Crippen LogP contribution in [0.5, 0.6) is 0 Å². The summed E-state index contributed by atoms with van der Waals surface area (Å²) in [4.78, 5) is 12.2. The van der Waals surface area contributed by atoms with Gasteiger partial charge in [0.15, 0.2) is 5.82 Å². The monoisotopic (exact) mass is 264 g/mol. The predicted molar refractivity (Wildman–Crippen MR) is 68.5 cm³/mol. The second-order valence-corrected chi connectivity index (χ2v) is 5.52. The highest BCUT2D eigenvalue weighted by Gasteiger charge is 2.09. The van der Waals surface area contributed by atoms with Gasteiger partial charge in [0.1, 0.15) is 5.82 Å². The minimum absolute atomic E-state index is 0.0313. The van der Waals surface area contributed by atoms with Gasteiger partial charge in [0.2, 0.25) is 16.0 Å². The van der Waals surface area contributed by atoms with Gasteiger partial charge in [-0.05, 0) is 6.92 Å². The van der Waals surface area contributed by atoms with E-state index in [0.717, 1.165) is 11.8 Å². The second-order valence-electron chi connectivity index (χ2n) is 3.77. The van der Waals surface area contributed by atoms with Gasteiger partial charge in [0.25, 0.3) is 0 Å². The summed E-state index contributed by atoms with van der Waals surface area (Å²) in [5, 5.41) is 0. The SMILES string of the molecule is Cc1nc(NS(C)(=O)=O)nc(-c2ccccc2)n1. The molecule has 0 saturated carbocycles. The quantitative estimate of drug-likeness (QED) is 0.901. The molecule has 2 rings (SSSR count). The Morgan fingerprint density at radius 3 is 2.33 bits per heavy atom. The summed E-state index contributed by atoms with van der Waals surface area (Å²) in [6, 6.07) is 9.29. The topological polar surface area (TPSA) is 84.8 Å². The van der Waals surface area contributed by atoms with E-state index in [-0.39, 0.29) is 5.95 Å². The van der Waals surface area contributed by atoms with Crippen molar-refractivity contribution in [2.45, 2.75) is 6.92 Å². The molecule has 1 heterocycles. The minimum Gasteiger partial charge on any atom is -0.251 e. The van der Waals surface area contributed by atoms with Crippen LogP contribution in [0.4, 0.5) is 5.95 Å². The Labute approximate surface area is 105 Å². The number of hydrogen-bond acceptors (Lipinski definition) is 5. The number of aromatic nitrogens is 3. The minimum atomic E-state index is -3.40. The number of benzene rings is 1. The number of hydrogen-bond donors (Lipinski definition) is 1. The van der Waals surface area contributed by atoms with E-state index in [1.54, 1.807) is 6.92 Å². The van der Waals surface area contributed by atoms with Gasteiger partial charge in [-0.1, -0.05) is 30.3 Å². The highest BCUT2D eigenvalue weighted by molar-refractivity contribution is 7.91. The van der Waals surface area contributed by atoms with Crippen LogP contribution in [-0.2, 0) is 10.0 Å². The van der Waals surface area contributed by atoms with Crippen molar-refractivity contribution < 1.29 is 8.42 Å². The van der Waals surface area contributed by atoms with Crippen LogP contribution in [0.2, 0.25) is 0 Å². The lowest BCUT2D eigenvalue weighted by Gasteiger charge is -2.05. The van der Waals surface area contributed by atoms with Crippen molar-refractivity contribution in [2.24, 2.45) is 0 Å². The molecule has 0 spiro atoms. The van der Waals surface area contributed by atoms with Gasteiger partial charge in [0, 0.05) is 5.56 Å². The summed E-state index contributed by atoms with van der Waals surface area (Å²) in [6.45, 7) is 1.68. The zero-order valence-electron chi connectivity index (χ0n) is 9.95. The molecule has 0 aliphatic heterocycles. The van der Waals surface area contributed by atoms with E-state index < -0.39 is 10.0 Å². The van der Waals surface area contributed by atoms with E-state index in [9.17, 15) is 8.42 Å². The maximum atomic E-state index is 11.1. The molecule has 0 bridgehead atoms. The molecule has 0 aliphatic carbocycles. The zero-order valence-corrected chi connectivity index (χ0v) is 10.8. The van der Waals surface area contributed by atoms with Gasteiger partial charge in [-0.15, -0.1) is 0 Å². The zero-order chi connectivity index (χ0) is 13.2. The van der Waals surface area contributed by atoms with E-state index in [2.05, 4.69) is 19.7 Å². The maximum Gasteiger partial charge on any atom is 0.240 e. The molecule has 0 fully saturated rings. The summed E-state index contributed by atoms with van der Waals surface area (Å²) in [5.41, 5.74) is 0.805. The molecule has 0 atom stereocenters. The first-order valence-electron chi connectivity index (χ1n) is 5.20. The van der Waals surface area contributed by atoms with E-state index in [1.165, 1.54) is 0 Å². The lowest BCUT2D eigenvalue weighted by molar-refractivity contribution is 0.606. The van der Waals surface area contributed by atoms with Gasteiger partial charge in [-0.2, -0.15) is 9.97 Å². The van der Waals surface area contributed by atoms with Crippen LogP contribution < -0.4 is 4.72 Å². The summed E-state index contributed by atoms with van der Waals surface area (Å²) in [7, 11) is -3.40. The Morgan fingerprint density at radius 2 is 1.72 bits per heavy atom. The molecule has 0 saturated heterocycles. The fourth-order valence-electron chi connectivity index (χ4n) is 1.41. The van der Waals surface area contributed by atoms with E-state index >= 15 is 0 Å². The summed E-state index contributed by atoms with van der Waals surface area (Å²) < 4.78 is 24.5. The van der Waals surface area contributed by atoms with Crippen LogP contribution in [0, 0.1) is 6.92 Å². The normalized spacial score (nSPS) is 11.2. The molecule has 0 amide bonds. The molecule has 1 aromatic heterocycles. The number of nitrogens with zero attached hydrogens (tertiary/aromatic N) is 3. The van der Waals surface area contributed by atoms with E-state index in [4.69, 9.17) is 0 Å². The molecule has 94 valence electrons. The molecule has 18 heavy (non-hydrogen) atoms. The van der Waals surface area contributed by atoms with Gasteiger partial charge in [-0.3, -0.25) is 4.72 Å². The van der Waals surface area contributed by atoms with Crippen molar-refractivity contribution in [2.75, 3.05) is 11.0 Å². The molecule has 1 N–H and O–H groups in total. The van der Waals surface area contributed by atoms with Crippen molar-refractivity contribution in [1.82, 2.24) is 15.0 Å². The fraction of sp³-hybridized carbons (Fsp3) is 0.182. The molecular formula is C11H12N4O2S. The molecular weight excluding hydrogens is 252 g/mol. The van der Waals surface area contributed by atoms with Crippen molar-refractivity contribution in [3.63, 3.8) is 0 Å². The molecule has 2 aromatic rings. The number of nitrogens with one attached hydrogen (secondary N) is 1. The number of aryl methyl sites for hydroxylation is 1. The molecule has 0 unspecified atom stereocenters. The van der Waals surface area contributed by atoms with Crippen LogP contribution in [0.15, 0.2) is 30.3 Å². The lowest BCUT2D eigenvalue weighted by atomic mass is 10.2. The average molecular weight is 264 g/mol. The van der Waals surface area contributed by atoms with Crippen molar-refractivity contribution >= 4 is 16.0 Å². The third-order valence-corrected chi connectivity index (χ3v) is 2.61. The van der Waals surface area contributed by atoms with E-state index in [1.807, 2.05) is 30.3 Å².